The number of carbonyl (C=O) groups is 1. The van der Waals surface area contributed by atoms with E-state index in [-0.39, 0.29) is 17.6 Å². The molecule has 1 aromatic carbocycles. The van der Waals surface area contributed by atoms with E-state index >= 15 is 0 Å². The van der Waals surface area contributed by atoms with Crippen molar-refractivity contribution in [2.45, 2.75) is 18.9 Å². The molecule has 11 heteroatoms. The highest BCUT2D eigenvalue weighted by Crippen LogP contribution is 2.31. The third kappa shape index (κ3) is 4.06. The summed E-state index contributed by atoms with van der Waals surface area (Å²) in [5.74, 6) is 0.309. The van der Waals surface area contributed by atoms with E-state index in [0.717, 1.165) is 24.0 Å². The summed E-state index contributed by atoms with van der Waals surface area (Å²) in [4.78, 5) is 25.3. The number of amides is 1. The molecule has 4 aromatic rings. The van der Waals surface area contributed by atoms with Crippen LogP contribution in [0.5, 0.6) is 5.75 Å². The van der Waals surface area contributed by atoms with Crippen molar-refractivity contribution in [2.24, 2.45) is 0 Å². The fourth-order valence-electron chi connectivity index (χ4n) is 4.46. The second-order valence-electron chi connectivity index (χ2n) is 8.32. The van der Waals surface area contributed by atoms with Crippen molar-refractivity contribution in [1.29, 1.82) is 5.26 Å². The number of nitrogens with zero attached hydrogens (tertiary/aromatic N) is 7. The Morgan fingerprint density at radius 1 is 1.23 bits per heavy atom. The van der Waals surface area contributed by atoms with Crippen molar-refractivity contribution in [3.8, 4) is 22.9 Å². The van der Waals surface area contributed by atoms with Gasteiger partial charge >= 0.3 is 0 Å². The number of likely N-dealkylation sites (tertiary alicyclic amines) is 1. The first-order valence-electron chi connectivity index (χ1n) is 11.0. The van der Waals surface area contributed by atoms with Crippen LogP contribution in [0.3, 0.4) is 0 Å². The van der Waals surface area contributed by atoms with Crippen LogP contribution in [-0.4, -0.2) is 55.3 Å². The predicted molar refractivity (Wildman–Crippen MR) is 125 cm³/mol. The van der Waals surface area contributed by atoms with Crippen LogP contribution in [0.15, 0.2) is 55.1 Å². The Morgan fingerprint density at radius 3 is 2.86 bits per heavy atom. The SMILES string of the molecule is COc1cc(-c2cnn(C3CCCN(C(=O)c4cccc([N+](=O)[O-])c4)C3)c2)cn2ncc(C#N)c12. The molecule has 176 valence electrons. The molecule has 1 unspecified atom stereocenters. The van der Waals surface area contributed by atoms with E-state index in [0.29, 0.717) is 35.5 Å². The molecule has 1 amide bonds. The highest BCUT2D eigenvalue weighted by Gasteiger charge is 2.27. The van der Waals surface area contributed by atoms with Crippen molar-refractivity contribution in [3.05, 3.63) is 76.4 Å². The molecule has 1 aliphatic rings. The number of nitro groups is 1. The quantitative estimate of drug-likeness (QED) is 0.322. The van der Waals surface area contributed by atoms with E-state index in [9.17, 15) is 20.2 Å². The van der Waals surface area contributed by atoms with Gasteiger partial charge in [0.2, 0.25) is 0 Å². The van der Waals surface area contributed by atoms with Gasteiger partial charge in [-0.3, -0.25) is 19.6 Å². The van der Waals surface area contributed by atoms with Crippen molar-refractivity contribution in [3.63, 3.8) is 0 Å². The van der Waals surface area contributed by atoms with Crippen molar-refractivity contribution in [2.75, 3.05) is 20.2 Å². The van der Waals surface area contributed by atoms with Gasteiger partial charge in [-0.25, -0.2) is 4.52 Å². The van der Waals surface area contributed by atoms with Crippen LogP contribution in [0, 0.1) is 21.4 Å². The number of ether oxygens (including phenoxy) is 1. The largest absolute Gasteiger partial charge is 0.494 e. The van der Waals surface area contributed by atoms with Gasteiger partial charge in [-0.1, -0.05) is 6.07 Å². The average Bonchev–Trinajstić information content (AvgIpc) is 3.55. The van der Waals surface area contributed by atoms with Crippen LogP contribution in [0.1, 0.15) is 34.8 Å². The maximum absolute atomic E-state index is 13.0. The van der Waals surface area contributed by atoms with E-state index in [2.05, 4.69) is 16.3 Å². The maximum Gasteiger partial charge on any atom is 0.270 e. The van der Waals surface area contributed by atoms with Crippen LogP contribution in [0.2, 0.25) is 0 Å². The summed E-state index contributed by atoms with van der Waals surface area (Å²) in [6.07, 6.45) is 8.63. The summed E-state index contributed by atoms with van der Waals surface area (Å²) in [6.45, 7) is 1.04. The number of benzene rings is 1. The molecule has 1 aliphatic heterocycles. The molecular weight excluding hydrogens is 450 g/mol. The number of rotatable bonds is 5. The van der Waals surface area contributed by atoms with Crippen molar-refractivity contribution >= 4 is 17.1 Å². The number of fused-ring (bicyclic) bond motifs is 1. The first kappa shape index (κ1) is 22.1. The fraction of sp³-hybridized carbons (Fsp3) is 0.250. The van der Waals surface area contributed by atoms with Crippen LogP contribution in [-0.2, 0) is 0 Å². The highest BCUT2D eigenvalue weighted by atomic mass is 16.6. The van der Waals surface area contributed by atoms with Gasteiger partial charge in [0.1, 0.15) is 22.9 Å². The minimum absolute atomic E-state index is 0.0272. The van der Waals surface area contributed by atoms with Crippen molar-refractivity contribution < 1.29 is 14.5 Å². The number of aromatic nitrogens is 4. The third-order valence-corrected chi connectivity index (χ3v) is 6.21. The van der Waals surface area contributed by atoms with E-state index < -0.39 is 4.92 Å². The Morgan fingerprint density at radius 2 is 2.09 bits per heavy atom. The van der Waals surface area contributed by atoms with Gasteiger partial charge in [-0.05, 0) is 25.0 Å². The first-order valence-corrected chi connectivity index (χ1v) is 11.0. The Balaban J connectivity index is 1.38. The molecule has 11 nitrogen and oxygen atoms in total. The fourth-order valence-corrected chi connectivity index (χ4v) is 4.46. The molecule has 3 aromatic heterocycles. The van der Waals surface area contributed by atoms with E-state index in [4.69, 9.17) is 4.74 Å². The third-order valence-electron chi connectivity index (χ3n) is 6.21. The normalized spacial score (nSPS) is 15.7. The van der Waals surface area contributed by atoms with Crippen LogP contribution in [0.4, 0.5) is 5.69 Å². The summed E-state index contributed by atoms with van der Waals surface area (Å²) in [7, 11) is 1.55. The molecule has 4 heterocycles. The lowest BCUT2D eigenvalue weighted by molar-refractivity contribution is -0.384. The lowest BCUT2D eigenvalue weighted by Gasteiger charge is -2.33. The Hall–Kier alpha value is -4.72. The van der Waals surface area contributed by atoms with Gasteiger partial charge in [0.05, 0.1) is 30.5 Å². The number of carbonyl (C=O) groups excluding carboxylic acids is 1. The zero-order valence-corrected chi connectivity index (χ0v) is 18.9. The molecule has 35 heavy (non-hydrogen) atoms. The number of hydrogen-bond acceptors (Lipinski definition) is 7. The lowest BCUT2D eigenvalue weighted by atomic mass is 10.0. The van der Waals surface area contributed by atoms with Gasteiger partial charge < -0.3 is 9.64 Å². The second-order valence-corrected chi connectivity index (χ2v) is 8.32. The lowest BCUT2D eigenvalue weighted by Crippen LogP contribution is -2.40. The van der Waals surface area contributed by atoms with Gasteiger partial charge in [0.15, 0.2) is 0 Å². The Kier molecular flexibility index (Phi) is 5.62. The van der Waals surface area contributed by atoms with E-state index in [1.165, 1.54) is 24.4 Å². The predicted octanol–water partition coefficient (Wildman–Crippen LogP) is 3.46. The summed E-state index contributed by atoms with van der Waals surface area (Å²) < 4.78 is 8.96. The average molecular weight is 471 g/mol. The minimum atomic E-state index is -0.502. The molecule has 0 aliphatic carbocycles. The second kappa shape index (κ2) is 8.90. The Labute approximate surface area is 199 Å². The number of piperidine rings is 1. The standard InChI is InChI=1S/C24H21N7O4/c1-35-22-9-17(13-30-23(22)18(10-25)11-27-30)19-12-26-29(14-19)21-6-3-7-28(15-21)24(32)16-4-2-5-20(8-16)31(33)34/h2,4-5,8-9,11-14,21H,3,6-7,15H2,1H3. The number of non-ortho nitro benzene ring substituents is 1. The van der Waals surface area contributed by atoms with Crippen LogP contribution < -0.4 is 4.74 Å². The minimum Gasteiger partial charge on any atom is -0.494 e. The first-order chi connectivity index (χ1) is 17.0. The summed E-state index contributed by atoms with van der Waals surface area (Å²) >= 11 is 0. The number of methoxy groups -OCH3 is 1. The van der Waals surface area contributed by atoms with Gasteiger partial charge in [-0.2, -0.15) is 15.5 Å². The zero-order valence-electron chi connectivity index (χ0n) is 18.9. The maximum atomic E-state index is 13.0. The van der Waals surface area contributed by atoms with Gasteiger partial charge in [0, 0.05) is 54.3 Å². The molecule has 0 saturated carbocycles. The van der Waals surface area contributed by atoms with Gasteiger partial charge in [-0.15, -0.1) is 0 Å². The summed E-state index contributed by atoms with van der Waals surface area (Å²) in [5.41, 5.74) is 2.91. The molecule has 5 rings (SSSR count). The van der Waals surface area contributed by atoms with E-state index in [1.807, 2.05) is 23.1 Å². The zero-order chi connectivity index (χ0) is 24.5. The molecule has 0 N–H and O–H groups in total. The molecule has 1 saturated heterocycles. The number of nitriles is 1. The summed E-state index contributed by atoms with van der Waals surface area (Å²) in [5, 5.41) is 29.2. The molecule has 0 bridgehead atoms. The van der Waals surface area contributed by atoms with Gasteiger partial charge in [0.25, 0.3) is 11.6 Å². The topological polar surface area (TPSA) is 132 Å². The Bertz CT molecular complexity index is 1480. The molecule has 1 atom stereocenters. The highest BCUT2D eigenvalue weighted by molar-refractivity contribution is 5.95. The van der Waals surface area contributed by atoms with Crippen LogP contribution in [0.25, 0.3) is 16.6 Å². The number of pyridine rings is 1. The van der Waals surface area contributed by atoms with E-state index in [1.54, 1.807) is 28.8 Å². The van der Waals surface area contributed by atoms with Crippen LogP contribution >= 0.6 is 0 Å². The molecule has 0 radical (unpaired) electrons. The monoisotopic (exact) mass is 471 g/mol. The number of hydrogen-bond donors (Lipinski definition) is 0. The summed E-state index contributed by atoms with van der Waals surface area (Å²) in [6, 6.07) is 9.75. The number of nitro benzene ring substituents is 1. The van der Waals surface area contributed by atoms with Crippen molar-refractivity contribution in [1.82, 2.24) is 24.3 Å². The molecular formula is C24H21N7O4. The smallest absolute Gasteiger partial charge is 0.270 e. The molecule has 0 spiro atoms. The molecule has 1 fully saturated rings.